The van der Waals surface area contributed by atoms with Crippen molar-refractivity contribution in [3.05, 3.63) is 63.4 Å². The molecular formula is C16H17BrFN. The molecule has 0 aromatic heterocycles. The molecule has 1 unspecified atom stereocenters. The molecule has 0 aliphatic carbocycles. The fraction of sp³-hybridized carbons (Fsp3) is 0.250. The summed E-state index contributed by atoms with van der Waals surface area (Å²) in [5.41, 5.74) is 4.47. The van der Waals surface area contributed by atoms with Gasteiger partial charge in [0, 0.05) is 10.5 Å². The van der Waals surface area contributed by atoms with Gasteiger partial charge in [0.05, 0.1) is 5.69 Å². The smallest absolute Gasteiger partial charge is 0.125 e. The van der Waals surface area contributed by atoms with Gasteiger partial charge in [-0.2, -0.15) is 0 Å². The van der Waals surface area contributed by atoms with Crippen LogP contribution >= 0.6 is 15.9 Å². The second-order valence-corrected chi connectivity index (χ2v) is 5.70. The van der Waals surface area contributed by atoms with Crippen molar-refractivity contribution in [1.29, 1.82) is 0 Å². The molecule has 0 fully saturated rings. The van der Waals surface area contributed by atoms with Crippen molar-refractivity contribution in [2.75, 3.05) is 5.32 Å². The van der Waals surface area contributed by atoms with E-state index in [0.29, 0.717) is 0 Å². The summed E-state index contributed by atoms with van der Waals surface area (Å²) < 4.78 is 14.1. The number of aryl methyl sites for hydroxylation is 2. The summed E-state index contributed by atoms with van der Waals surface area (Å²) >= 11 is 3.44. The Kier molecular flexibility index (Phi) is 4.25. The average Bonchev–Trinajstić information content (AvgIpc) is 2.36. The Hall–Kier alpha value is -1.35. The van der Waals surface area contributed by atoms with Gasteiger partial charge in [-0.1, -0.05) is 23.8 Å². The molecule has 1 N–H and O–H groups in total. The largest absolute Gasteiger partial charge is 0.378 e. The minimum atomic E-state index is -0.237. The first kappa shape index (κ1) is 14.1. The molecule has 0 saturated carbocycles. The molecule has 0 amide bonds. The first-order valence-corrected chi connectivity index (χ1v) is 7.05. The van der Waals surface area contributed by atoms with Gasteiger partial charge in [0.1, 0.15) is 5.82 Å². The van der Waals surface area contributed by atoms with Crippen LogP contribution in [0.3, 0.4) is 0 Å². The summed E-state index contributed by atoms with van der Waals surface area (Å²) in [5.74, 6) is -0.237. The molecule has 0 radical (unpaired) electrons. The van der Waals surface area contributed by atoms with E-state index in [1.807, 2.05) is 0 Å². The number of rotatable bonds is 3. The van der Waals surface area contributed by atoms with Crippen molar-refractivity contribution < 1.29 is 4.39 Å². The van der Waals surface area contributed by atoms with E-state index >= 15 is 0 Å². The Morgan fingerprint density at radius 3 is 2.58 bits per heavy atom. The molecule has 3 heteroatoms. The third kappa shape index (κ3) is 3.35. The van der Waals surface area contributed by atoms with Crippen molar-refractivity contribution in [2.24, 2.45) is 0 Å². The summed E-state index contributed by atoms with van der Waals surface area (Å²) in [6.07, 6.45) is 0. The maximum Gasteiger partial charge on any atom is 0.125 e. The molecule has 0 spiro atoms. The van der Waals surface area contributed by atoms with E-state index in [2.05, 4.69) is 60.2 Å². The molecule has 19 heavy (non-hydrogen) atoms. The van der Waals surface area contributed by atoms with E-state index in [0.717, 1.165) is 10.2 Å². The Morgan fingerprint density at radius 1 is 1.11 bits per heavy atom. The molecule has 2 aromatic carbocycles. The normalized spacial score (nSPS) is 12.3. The van der Waals surface area contributed by atoms with Crippen LogP contribution in [0, 0.1) is 19.7 Å². The molecule has 0 aliphatic heterocycles. The van der Waals surface area contributed by atoms with Gasteiger partial charge in [0.15, 0.2) is 0 Å². The summed E-state index contributed by atoms with van der Waals surface area (Å²) in [6.45, 7) is 6.25. The topological polar surface area (TPSA) is 12.0 Å². The van der Waals surface area contributed by atoms with Crippen LogP contribution < -0.4 is 5.32 Å². The zero-order chi connectivity index (χ0) is 14.0. The van der Waals surface area contributed by atoms with Crippen LogP contribution in [0.1, 0.15) is 29.7 Å². The van der Waals surface area contributed by atoms with Crippen molar-refractivity contribution >= 4 is 21.6 Å². The number of nitrogens with one attached hydrogen (secondary N) is 1. The maximum absolute atomic E-state index is 13.3. The molecule has 0 saturated heterocycles. The highest BCUT2D eigenvalue weighted by molar-refractivity contribution is 9.10. The van der Waals surface area contributed by atoms with Gasteiger partial charge in [0.25, 0.3) is 0 Å². The van der Waals surface area contributed by atoms with Gasteiger partial charge in [-0.05, 0) is 66.0 Å². The lowest BCUT2D eigenvalue weighted by atomic mass is 10.00. The molecule has 2 rings (SSSR count). The molecule has 1 atom stereocenters. The number of anilines is 1. The fourth-order valence-electron chi connectivity index (χ4n) is 2.15. The van der Waals surface area contributed by atoms with Crippen LogP contribution in [0.2, 0.25) is 0 Å². The van der Waals surface area contributed by atoms with Crippen LogP contribution in [0.25, 0.3) is 0 Å². The zero-order valence-electron chi connectivity index (χ0n) is 11.3. The minimum Gasteiger partial charge on any atom is -0.378 e. The lowest BCUT2D eigenvalue weighted by Gasteiger charge is -2.19. The van der Waals surface area contributed by atoms with Gasteiger partial charge >= 0.3 is 0 Å². The van der Waals surface area contributed by atoms with E-state index in [1.54, 1.807) is 6.07 Å². The number of benzene rings is 2. The Labute approximate surface area is 122 Å². The number of hydrogen-bond donors (Lipinski definition) is 1. The summed E-state index contributed by atoms with van der Waals surface area (Å²) in [7, 11) is 0. The third-order valence-electron chi connectivity index (χ3n) is 3.20. The van der Waals surface area contributed by atoms with Crippen molar-refractivity contribution in [3.63, 3.8) is 0 Å². The lowest BCUT2D eigenvalue weighted by Crippen LogP contribution is -2.09. The zero-order valence-corrected chi connectivity index (χ0v) is 12.9. The van der Waals surface area contributed by atoms with Crippen molar-refractivity contribution in [2.45, 2.75) is 26.8 Å². The monoisotopic (exact) mass is 321 g/mol. The predicted molar refractivity (Wildman–Crippen MR) is 82.1 cm³/mol. The van der Waals surface area contributed by atoms with Gasteiger partial charge in [0.2, 0.25) is 0 Å². The Morgan fingerprint density at radius 2 is 1.84 bits per heavy atom. The van der Waals surface area contributed by atoms with E-state index in [1.165, 1.54) is 28.8 Å². The van der Waals surface area contributed by atoms with Crippen LogP contribution in [0.5, 0.6) is 0 Å². The summed E-state index contributed by atoms with van der Waals surface area (Å²) in [6, 6.07) is 11.2. The Bertz CT molecular complexity index is 595. The lowest BCUT2D eigenvalue weighted by molar-refractivity contribution is 0.627. The van der Waals surface area contributed by atoms with Crippen LogP contribution in [0.4, 0.5) is 10.1 Å². The second-order valence-electron chi connectivity index (χ2n) is 4.85. The summed E-state index contributed by atoms with van der Waals surface area (Å²) in [4.78, 5) is 0. The third-order valence-corrected chi connectivity index (χ3v) is 3.89. The number of halogens is 2. The fourth-order valence-corrected chi connectivity index (χ4v) is 2.51. The van der Waals surface area contributed by atoms with E-state index in [4.69, 9.17) is 0 Å². The molecule has 1 nitrogen and oxygen atoms in total. The highest BCUT2D eigenvalue weighted by Crippen LogP contribution is 2.28. The highest BCUT2D eigenvalue weighted by Gasteiger charge is 2.10. The molecule has 0 bridgehead atoms. The SMILES string of the molecule is Cc1ccc(C)c(C(C)Nc2cc(F)ccc2Br)c1. The first-order valence-electron chi connectivity index (χ1n) is 6.26. The van der Waals surface area contributed by atoms with Gasteiger partial charge in [-0.15, -0.1) is 0 Å². The highest BCUT2D eigenvalue weighted by atomic mass is 79.9. The average molecular weight is 322 g/mol. The Balaban J connectivity index is 2.27. The molecule has 100 valence electrons. The molecule has 0 aliphatic rings. The standard InChI is InChI=1S/C16H17BrFN/c1-10-4-5-11(2)14(8-10)12(3)19-16-9-13(18)6-7-15(16)17/h4-9,12,19H,1-3H3. The number of hydrogen-bond acceptors (Lipinski definition) is 1. The van der Waals surface area contributed by atoms with Gasteiger partial charge in [-0.25, -0.2) is 4.39 Å². The van der Waals surface area contributed by atoms with Crippen LogP contribution in [0.15, 0.2) is 40.9 Å². The van der Waals surface area contributed by atoms with Crippen molar-refractivity contribution in [3.8, 4) is 0 Å². The van der Waals surface area contributed by atoms with Crippen molar-refractivity contribution in [1.82, 2.24) is 0 Å². The van der Waals surface area contributed by atoms with E-state index in [-0.39, 0.29) is 11.9 Å². The minimum absolute atomic E-state index is 0.123. The summed E-state index contributed by atoms with van der Waals surface area (Å²) in [5, 5.41) is 3.35. The van der Waals surface area contributed by atoms with E-state index < -0.39 is 0 Å². The molecule has 2 aromatic rings. The van der Waals surface area contributed by atoms with Crippen LogP contribution in [-0.2, 0) is 0 Å². The molecular weight excluding hydrogens is 305 g/mol. The quantitative estimate of drug-likeness (QED) is 0.800. The molecule has 0 heterocycles. The maximum atomic E-state index is 13.3. The van der Waals surface area contributed by atoms with Crippen LogP contribution in [-0.4, -0.2) is 0 Å². The first-order chi connectivity index (χ1) is 8.97. The van der Waals surface area contributed by atoms with Gasteiger partial charge in [-0.3, -0.25) is 0 Å². The second kappa shape index (κ2) is 5.74. The van der Waals surface area contributed by atoms with Gasteiger partial charge < -0.3 is 5.32 Å². The predicted octanol–water partition coefficient (Wildman–Crippen LogP) is 5.38. The van der Waals surface area contributed by atoms with E-state index in [9.17, 15) is 4.39 Å².